The van der Waals surface area contributed by atoms with Gasteiger partial charge in [-0.3, -0.25) is 0 Å². The molecule has 100 valence electrons. The monoisotopic (exact) mass is 240 g/mol. The molecule has 2 unspecified atom stereocenters. The number of hydrogen-bond donors (Lipinski definition) is 2. The highest BCUT2D eigenvalue weighted by Crippen LogP contribution is 2.19. The maximum Gasteiger partial charge on any atom is 0.0645 e. The lowest BCUT2D eigenvalue weighted by molar-refractivity contribution is 0.0284. The van der Waals surface area contributed by atoms with E-state index in [0.29, 0.717) is 0 Å². The van der Waals surface area contributed by atoms with Gasteiger partial charge in [0.05, 0.1) is 6.61 Å². The zero-order valence-electron chi connectivity index (χ0n) is 11.3. The maximum atomic E-state index is 5.56. The normalized spacial score (nSPS) is 34.8. The van der Waals surface area contributed by atoms with E-state index in [0.717, 1.165) is 25.7 Å². The average Bonchev–Trinajstić information content (AvgIpc) is 2.37. The Morgan fingerprint density at radius 3 is 3.06 bits per heavy atom. The molecule has 0 aliphatic carbocycles. The molecule has 0 aromatic rings. The van der Waals surface area contributed by atoms with Gasteiger partial charge in [-0.05, 0) is 71.0 Å². The number of hydrogen-bond acceptors (Lipinski definition) is 3. The Bertz CT molecular complexity index is 208. The predicted molar refractivity (Wildman–Crippen MR) is 71.3 cm³/mol. The third kappa shape index (κ3) is 4.57. The summed E-state index contributed by atoms with van der Waals surface area (Å²) in [7, 11) is 0. The van der Waals surface area contributed by atoms with Gasteiger partial charge in [0.15, 0.2) is 0 Å². The second kappa shape index (κ2) is 6.72. The van der Waals surface area contributed by atoms with Crippen molar-refractivity contribution in [3.05, 3.63) is 0 Å². The Kier molecular flexibility index (Phi) is 5.26. The van der Waals surface area contributed by atoms with Crippen LogP contribution in [0.25, 0.3) is 0 Å². The van der Waals surface area contributed by atoms with E-state index in [9.17, 15) is 0 Å². The standard InChI is InChI=1S/C14H28N2O/c1-14(7-4-10-17-12-14)16-9-3-6-13-5-2-8-15-11-13/h13,15-16H,2-12H2,1H3. The molecule has 0 radical (unpaired) electrons. The van der Waals surface area contributed by atoms with Gasteiger partial charge in [0.1, 0.15) is 0 Å². The summed E-state index contributed by atoms with van der Waals surface area (Å²) in [6, 6.07) is 0. The first-order chi connectivity index (χ1) is 8.29. The van der Waals surface area contributed by atoms with Crippen LogP contribution in [0, 0.1) is 5.92 Å². The van der Waals surface area contributed by atoms with Gasteiger partial charge in [0, 0.05) is 12.1 Å². The van der Waals surface area contributed by atoms with E-state index in [1.807, 2.05) is 0 Å². The summed E-state index contributed by atoms with van der Waals surface area (Å²) in [5, 5.41) is 7.18. The molecule has 0 amide bonds. The fourth-order valence-electron chi connectivity index (χ4n) is 3.02. The fourth-order valence-corrected chi connectivity index (χ4v) is 3.02. The van der Waals surface area contributed by atoms with E-state index >= 15 is 0 Å². The largest absolute Gasteiger partial charge is 0.380 e. The number of piperidine rings is 1. The van der Waals surface area contributed by atoms with Gasteiger partial charge < -0.3 is 15.4 Å². The van der Waals surface area contributed by atoms with Crippen molar-refractivity contribution in [1.82, 2.24) is 10.6 Å². The molecule has 0 aromatic carbocycles. The van der Waals surface area contributed by atoms with Crippen molar-refractivity contribution in [3.8, 4) is 0 Å². The minimum absolute atomic E-state index is 0.239. The lowest BCUT2D eigenvalue weighted by Gasteiger charge is -2.34. The lowest BCUT2D eigenvalue weighted by Crippen LogP contribution is -2.49. The summed E-state index contributed by atoms with van der Waals surface area (Å²) in [5.41, 5.74) is 0.239. The highest BCUT2D eigenvalue weighted by atomic mass is 16.5. The molecule has 2 rings (SSSR count). The second-order valence-electron chi connectivity index (χ2n) is 6.00. The number of nitrogens with one attached hydrogen (secondary N) is 2. The van der Waals surface area contributed by atoms with E-state index in [2.05, 4.69) is 17.6 Å². The molecule has 2 saturated heterocycles. The highest BCUT2D eigenvalue weighted by molar-refractivity contribution is 4.85. The van der Waals surface area contributed by atoms with Crippen LogP contribution in [0.2, 0.25) is 0 Å². The van der Waals surface area contributed by atoms with Gasteiger partial charge in [-0.15, -0.1) is 0 Å². The van der Waals surface area contributed by atoms with Crippen molar-refractivity contribution in [2.24, 2.45) is 5.92 Å². The predicted octanol–water partition coefficient (Wildman–Crippen LogP) is 1.92. The summed E-state index contributed by atoms with van der Waals surface area (Å²) in [5.74, 6) is 0.918. The van der Waals surface area contributed by atoms with E-state index in [1.165, 1.54) is 51.6 Å². The Balaban J connectivity index is 1.55. The van der Waals surface area contributed by atoms with Crippen LogP contribution in [-0.2, 0) is 4.74 Å². The number of ether oxygens (including phenoxy) is 1. The van der Waals surface area contributed by atoms with Gasteiger partial charge >= 0.3 is 0 Å². The van der Waals surface area contributed by atoms with Crippen molar-refractivity contribution in [3.63, 3.8) is 0 Å². The summed E-state index contributed by atoms with van der Waals surface area (Å²) >= 11 is 0. The van der Waals surface area contributed by atoms with Crippen molar-refractivity contribution in [2.45, 2.75) is 51.0 Å². The van der Waals surface area contributed by atoms with Crippen LogP contribution in [0.4, 0.5) is 0 Å². The van der Waals surface area contributed by atoms with Crippen molar-refractivity contribution < 1.29 is 4.74 Å². The maximum absolute atomic E-state index is 5.56. The molecule has 0 spiro atoms. The van der Waals surface area contributed by atoms with E-state index < -0.39 is 0 Å². The van der Waals surface area contributed by atoms with Crippen molar-refractivity contribution in [2.75, 3.05) is 32.8 Å². The molecule has 2 aliphatic rings. The van der Waals surface area contributed by atoms with Crippen LogP contribution in [0.3, 0.4) is 0 Å². The Hall–Kier alpha value is -0.120. The minimum atomic E-state index is 0.239. The van der Waals surface area contributed by atoms with E-state index in [4.69, 9.17) is 4.74 Å². The Morgan fingerprint density at radius 1 is 1.41 bits per heavy atom. The molecule has 2 fully saturated rings. The van der Waals surface area contributed by atoms with Gasteiger partial charge in [0.2, 0.25) is 0 Å². The lowest BCUT2D eigenvalue weighted by atomic mass is 9.93. The van der Waals surface area contributed by atoms with Crippen LogP contribution in [0.1, 0.15) is 45.4 Å². The second-order valence-corrected chi connectivity index (χ2v) is 6.00. The van der Waals surface area contributed by atoms with Crippen LogP contribution in [0.15, 0.2) is 0 Å². The van der Waals surface area contributed by atoms with E-state index in [1.54, 1.807) is 0 Å². The first-order valence-electron chi connectivity index (χ1n) is 7.32. The molecule has 2 aliphatic heterocycles. The topological polar surface area (TPSA) is 33.3 Å². The molecule has 2 heterocycles. The molecule has 3 heteroatoms. The molecule has 2 atom stereocenters. The van der Waals surface area contributed by atoms with Gasteiger partial charge in [0.25, 0.3) is 0 Å². The van der Waals surface area contributed by atoms with Gasteiger partial charge in [-0.25, -0.2) is 0 Å². The molecular formula is C14H28N2O. The first kappa shape index (κ1) is 13.3. The quantitative estimate of drug-likeness (QED) is 0.720. The summed E-state index contributed by atoms with van der Waals surface area (Å²) < 4.78 is 5.56. The SMILES string of the molecule is CC1(NCCCC2CCCNC2)CCCOC1. The van der Waals surface area contributed by atoms with Crippen LogP contribution < -0.4 is 10.6 Å². The van der Waals surface area contributed by atoms with Gasteiger partial charge in [-0.1, -0.05) is 0 Å². The molecule has 0 aromatic heterocycles. The van der Waals surface area contributed by atoms with Crippen LogP contribution in [0.5, 0.6) is 0 Å². The molecule has 17 heavy (non-hydrogen) atoms. The average molecular weight is 240 g/mol. The van der Waals surface area contributed by atoms with Crippen molar-refractivity contribution >= 4 is 0 Å². The zero-order chi connectivity index (χ0) is 12.0. The Morgan fingerprint density at radius 2 is 2.35 bits per heavy atom. The zero-order valence-corrected chi connectivity index (χ0v) is 11.3. The fraction of sp³-hybridized carbons (Fsp3) is 1.00. The third-order valence-electron chi connectivity index (χ3n) is 4.18. The molecule has 0 saturated carbocycles. The first-order valence-corrected chi connectivity index (χ1v) is 7.32. The van der Waals surface area contributed by atoms with Gasteiger partial charge in [-0.2, -0.15) is 0 Å². The van der Waals surface area contributed by atoms with Crippen LogP contribution in [-0.4, -0.2) is 38.4 Å². The van der Waals surface area contributed by atoms with E-state index in [-0.39, 0.29) is 5.54 Å². The highest BCUT2D eigenvalue weighted by Gasteiger charge is 2.26. The molecule has 0 bridgehead atoms. The summed E-state index contributed by atoms with van der Waals surface area (Å²) in [6.45, 7) is 7.75. The van der Waals surface area contributed by atoms with Crippen molar-refractivity contribution in [1.29, 1.82) is 0 Å². The molecule has 3 nitrogen and oxygen atoms in total. The number of rotatable bonds is 5. The smallest absolute Gasteiger partial charge is 0.0645 e. The third-order valence-corrected chi connectivity index (χ3v) is 4.18. The summed E-state index contributed by atoms with van der Waals surface area (Å²) in [4.78, 5) is 0. The molecular weight excluding hydrogens is 212 g/mol. The summed E-state index contributed by atoms with van der Waals surface area (Å²) in [6.07, 6.45) is 7.93. The minimum Gasteiger partial charge on any atom is -0.380 e. The Labute approximate surface area is 106 Å². The van der Waals surface area contributed by atoms with Crippen LogP contribution >= 0.6 is 0 Å². The molecule has 2 N–H and O–H groups in total.